The summed E-state index contributed by atoms with van der Waals surface area (Å²) < 4.78 is 38.3. The molecule has 0 spiro atoms. The number of nitrogens with zero attached hydrogens (tertiary/aromatic N) is 4. The summed E-state index contributed by atoms with van der Waals surface area (Å²) >= 11 is 0. The zero-order chi connectivity index (χ0) is 25.1. The Balaban J connectivity index is 1.36. The molecule has 0 bridgehead atoms. The van der Waals surface area contributed by atoms with Gasteiger partial charge < -0.3 is 5.32 Å². The van der Waals surface area contributed by atoms with Crippen molar-refractivity contribution in [2.75, 3.05) is 18.4 Å². The molecule has 1 aromatic carbocycles. The van der Waals surface area contributed by atoms with Crippen LogP contribution in [0.5, 0.6) is 0 Å². The number of halogens is 3. The Bertz CT molecular complexity index is 1360. The van der Waals surface area contributed by atoms with Crippen LogP contribution in [0.3, 0.4) is 0 Å². The van der Waals surface area contributed by atoms with Crippen LogP contribution >= 0.6 is 0 Å². The molecule has 4 heterocycles. The number of likely N-dealkylation sites (tertiary alicyclic amines) is 1. The number of benzene rings is 1. The Morgan fingerprint density at radius 1 is 0.972 bits per heavy atom. The fraction of sp³-hybridized carbons (Fsp3) is 0.308. The first-order valence-electron chi connectivity index (χ1n) is 11.9. The highest BCUT2D eigenvalue weighted by Gasteiger charge is 2.30. The molecule has 1 fully saturated rings. The third kappa shape index (κ3) is 5.38. The van der Waals surface area contributed by atoms with Crippen molar-refractivity contribution in [3.05, 3.63) is 71.8 Å². The van der Waals surface area contributed by atoms with E-state index >= 15 is 0 Å². The number of rotatable bonds is 5. The van der Waals surface area contributed by atoms with Crippen LogP contribution in [0.1, 0.15) is 47.3 Å². The maximum absolute atomic E-state index is 12.8. The number of hydrogen-bond acceptors (Lipinski definition) is 5. The molecule has 0 atom stereocenters. The van der Waals surface area contributed by atoms with Crippen LogP contribution in [0.25, 0.3) is 22.0 Å². The van der Waals surface area contributed by atoms with Gasteiger partial charge in [0.25, 0.3) is 5.91 Å². The van der Waals surface area contributed by atoms with Crippen molar-refractivity contribution < 1.29 is 18.0 Å². The molecule has 1 aliphatic rings. The fourth-order valence-electron chi connectivity index (χ4n) is 4.46. The minimum absolute atomic E-state index is 0.00529. The van der Waals surface area contributed by atoms with Crippen molar-refractivity contribution in [3.63, 3.8) is 0 Å². The molecule has 1 saturated heterocycles. The maximum Gasteiger partial charge on any atom is 0.417 e. The van der Waals surface area contributed by atoms with Gasteiger partial charge in [-0.25, -0.2) is 4.98 Å². The van der Waals surface area contributed by atoms with Gasteiger partial charge in [0, 0.05) is 36.1 Å². The van der Waals surface area contributed by atoms with E-state index in [9.17, 15) is 18.0 Å². The first-order valence-corrected chi connectivity index (χ1v) is 11.9. The molecular weight excluding hydrogens is 469 g/mol. The molecule has 1 amide bonds. The van der Waals surface area contributed by atoms with E-state index in [2.05, 4.69) is 36.4 Å². The Kier molecular flexibility index (Phi) is 6.69. The quantitative estimate of drug-likeness (QED) is 0.374. The number of alkyl halides is 3. The van der Waals surface area contributed by atoms with Gasteiger partial charge in [-0.3, -0.25) is 19.8 Å². The second-order valence-electron chi connectivity index (χ2n) is 8.99. The van der Waals surface area contributed by atoms with E-state index in [0.29, 0.717) is 17.1 Å². The number of nitrogens with one attached hydrogen (secondary N) is 2. The zero-order valence-corrected chi connectivity index (χ0v) is 19.5. The number of carbonyl (C=O) groups excluding carboxylic acids is 1. The molecule has 0 unspecified atom stereocenters. The Morgan fingerprint density at radius 2 is 1.78 bits per heavy atom. The second-order valence-corrected chi connectivity index (χ2v) is 8.99. The number of amides is 1. The normalized spacial score (nSPS) is 15.1. The van der Waals surface area contributed by atoms with Crippen LogP contribution in [0.15, 0.2) is 55.0 Å². The van der Waals surface area contributed by atoms with Crippen molar-refractivity contribution in [3.8, 4) is 11.1 Å². The predicted octanol–water partition coefficient (Wildman–Crippen LogP) is 5.67. The molecule has 3 aromatic heterocycles. The highest BCUT2D eigenvalue weighted by molar-refractivity contribution is 6.11. The lowest BCUT2D eigenvalue weighted by atomic mass is 10.0. The second kappa shape index (κ2) is 10.1. The maximum atomic E-state index is 12.8. The summed E-state index contributed by atoms with van der Waals surface area (Å²) in [4.78, 5) is 23.5. The highest BCUT2D eigenvalue weighted by atomic mass is 19.4. The van der Waals surface area contributed by atoms with Gasteiger partial charge >= 0.3 is 6.18 Å². The molecular formula is C26H25F3N6O. The van der Waals surface area contributed by atoms with Crippen LogP contribution in [0.4, 0.5) is 19.0 Å². The standard InChI is InChI=1S/C26H25F3N6O/c27-26(28,29)20-6-8-23(31-15-20)32-25(36)24-21-12-18(5-7-22(21)33-34-24)19-11-17(13-30-14-19)16-35-9-3-1-2-4-10-35/h5-8,11-15H,1-4,9-10,16H2,(H,33,34)(H,31,32,36). The van der Waals surface area contributed by atoms with Gasteiger partial charge in [-0.2, -0.15) is 18.3 Å². The highest BCUT2D eigenvalue weighted by Crippen LogP contribution is 2.29. The third-order valence-electron chi connectivity index (χ3n) is 6.34. The van der Waals surface area contributed by atoms with Crippen LogP contribution in [-0.4, -0.2) is 44.1 Å². The Labute approximate surface area is 205 Å². The first kappa shape index (κ1) is 23.9. The van der Waals surface area contributed by atoms with Crippen LogP contribution < -0.4 is 5.32 Å². The summed E-state index contributed by atoms with van der Waals surface area (Å²) in [5.74, 6) is -0.565. The summed E-state index contributed by atoms with van der Waals surface area (Å²) in [6.45, 7) is 3.04. The van der Waals surface area contributed by atoms with E-state index in [1.807, 2.05) is 24.4 Å². The molecule has 7 nitrogen and oxygen atoms in total. The van der Waals surface area contributed by atoms with Gasteiger partial charge in [-0.05, 0) is 67.4 Å². The summed E-state index contributed by atoms with van der Waals surface area (Å²) in [5.41, 5.74) is 2.85. The minimum Gasteiger partial charge on any atom is -0.305 e. The van der Waals surface area contributed by atoms with Gasteiger partial charge in [0.1, 0.15) is 5.82 Å². The fourth-order valence-corrected chi connectivity index (χ4v) is 4.46. The molecule has 0 radical (unpaired) electrons. The lowest BCUT2D eigenvalue weighted by Gasteiger charge is -2.19. The van der Waals surface area contributed by atoms with E-state index in [4.69, 9.17) is 0 Å². The smallest absolute Gasteiger partial charge is 0.305 e. The molecule has 2 N–H and O–H groups in total. The SMILES string of the molecule is O=C(Nc1ccc(C(F)(F)F)cn1)c1n[nH]c2ccc(-c3cncc(CN4CCCCCC4)c3)cc12. The van der Waals surface area contributed by atoms with Gasteiger partial charge in [-0.15, -0.1) is 0 Å². The molecule has 186 valence electrons. The molecule has 1 aliphatic heterocycles. The predicted molar refractivity (Wildman–Crippen MR) is 130 cm³/mol. The molecule has 4 aromatic rings. The van der Waals surface area contributed by atoms with E-state index in [0.717, 1.165) is 48.5 Å². The van der Waals surface area contributed by atoms with E-state index in [1.165, 1.54) is 25.7 Å². The van der Waals surface area contributed by atoms with Gasteiger partial charge in [0.2, 0.25) is 0 Å². The third-order valence-corrected chi connectivity index (χ3v) is 6.34. The number of fused-ring (bicyclic) bond motifs is 1. The Morgan fingerprint density at radius 3 is 2.50 bits per heavy atom. The van der Waals surface area contributed by atoms with E-state index < -0.39 is 17.6 Å². The number of aromatic nitrogens is 4. The Hall–Kier alpha value is -3.79. The van der Waals surface area contributed by atoms with E-state index in [-0.39, 0.29) is 11.5 Å². The number of anilines is 1. The van der Waals surface area contributed by atoms with Crippen LogP contribution in [-0.2, 0) is 12.7 Å². The minimum atomic E-state index is -4.50. The van der Waals surface area contributed by atoms with Crippen molar-refractivity contribution >= 4 is 22.6 Å². The zero-order valence-electron chi connectivity index (χ0n) is 19.5. The summed E-state index contributed by atoms with van der Waals surface area (Å²) in [7, 11) is 0. The van der Waals surface area contributed by atoms with Gasteiger partial charge in [0.15, 0.2) is 5.69 Å². The van der Waals surface area contributed by atoms with E-state index in [1.54, 1.807) is 6.20 Å². The number of H-pyrrole nitrogens is 1. The van der Waals surface area contributed by atoms with Crippen molar-refractivity contribution in [2.24, 2.45) is 0 Å². The van der Waals surface area contributed by atoms with Crippen molar-refractivity contribution in [2.45, 2.75) is 38.4 Å². The largest absolute Gasteiger partial charge is 0.417 e. The number of hydrogen-bond donors (Lipinski definition) is 2. The molecule has 10 heteroatoms. The van der Waals surface area contributed by atoms with Gasteiger partial charge in [-0.1, -0.05) is 18.9 Å². The monoisotopic (exact) mass is 494 g/mol. The molecule has 5 rings (SSSR count). The lowest BCUT2D eigenvalue weighted by Crippen LogP contribution is -2.24. The average Bonchev–Trinajstić information content (AvgIpc) is 3.12. The van der Waals surface area contributed by atoms with Crippen molar-refractivity contribution in [1.82, 2.24) is 25.1 Å². The van der Waals surface area contributed by atoms with Crippen LogP contribution in [0.2, 0.25) is 0 Å². The van der Waals surface area contributed by atoms with Gasteiger partial charge in [0.05, 0.1) is 11.1 Å². The molecule has 36 heavy (non-hydrogen) atoms. The number of carbonyl (C=O) groups is 1. The topological polar surface area (TPSA) is 86.8 Å². The summed E-state index contributed by atoms with van der Waals surface area (Å²) in [5, 5.41) is 10.1. The van der Waals surface area contributed by atoms with Crippen LogP contribution in [0, 0.1) is 0 Å². The summed E-state index contributed by atoms with van der Waals surface area (Å²) in [6, 6.07) is 9.74. The summed E-state index contributed by atoms with van der Waals surface area (Å²) in [6.07, 6.45) is 4.87. The van der Waals surface area contributed by atoms with Crippen molar-refractivity contribution in [1.29, 1.82) is 0 Å². The number of aromatic amines is 1. The average molecular weight is 495 g/mol. The molecule has 0 saturated carbocycles. The number of pyridine rings is 2. The lowest BCUT2D eigenvalue weighted by molar-refractivity contribution is -0.137. The first-order chi connectivity index (χ1) is 17.4. The molecule has 0 aliphatic carbocycles.